The zero-order chi connectivity index (χ0) is 26.7. The fourth-order valence-electron chi connectivity index (χ4n) is 4.90. The zero-order valence-electron chi connectivity index (χ0n) is 20.5. The maximum atomic E-state index is 13.3. The highest BCUT2D eigenvalue weighted by Gasteiger charge is 2.60. The molecule has 5 N–H and O–H groups in total. The van der Waals surface area contributed by atoms with Crippen LogP contribution in [-0.2, 0) is 4.74 Å². The van der Waals surface area contributed by atoms with E-state index in [-0.39, 0.29) is 0 Å². The normalized spacial score (nSPS) is 24.0. The van der Waals surface area contributed by atoms with Crippen LogP contribution in [0.3, 0.4) is 0 Å². The summed E-state index contributed by atoms with van der Waals surface area (Å²) >= 11 is 0. The summed E-state index contributed by atoms with van der Waals surface area (Å²) in [5.74, 6) is 0. The lowest BCUT2D eigenvalue weighted by Crippen LogP contribution is -2.65. The second-order valence-electron chi connectivity index (χ2n) is 9.12. The van der Waals surface area contributed by atoms with Gasteiger partial charge in [-0.05, 0) is 37.1 Å². The molecule has 0 saturated carbocycles. The van der Waals surface area contributed by atoms with Crippen LogP contribution >= 0.6 is 15.8 Å². The first-order valence-corrected chi connectivity index (χ1v) is 15.0. The van der Waals surface area contributed by atoms with Crippen LogP contribution in [0.5, 0.6) is 0 Å². The Morgan fingerprint density at radius 2 is 0.789 bits per heavy atom. The summed E-state index contributed by atoms with van der Waals surface area (Å²) in [5.41, 5.74) is 0. The Morgan fingerprint density at radius 1 is 0.474 bits per heavy atom. The van der Waals surface area contributed by atoms with Crippen LogP contribution < -0.4 is 21.2 Å². The van der Waals surface area contributed by atoms with E-state index >= 15 is 0 Å². The molecular weight excluding hydrogens is 518 g/mol. The molecule has 0 radical (unpaired) electrons. The molecule has 0 amide bonds. The second-order valence-corrected chi connectivity index (χ2v) is 14.2. The Hall–Kier alpha value is -2.50. The summed E-state index contributed by atoms with van der Waals surface area (Å²) in [6.45, 7) is 0. The minimum Gasteiger partial charge on any atom is -0.387 e. The molecule has 0 aliphatic carbocycles. The third kappa shape index (κ3) is 5.08. The van der Waals surface area contributed by atoms with E-state index in [2.05, 4.69) is 0 Å². The molecule has 1 heterocycles. The van der Waals surface area contributed by atoms with Gasteiger partial charge in [-0.15, -0.1) is 0 Å². The van der Waals surface area contributed by atoms with E-state index in [0.29, 0.717) is 0 Å². The fraction of sp³-hybridized carbons (Fsp3) is 0.200. The van der Waals surface area contributed by atoms with Gasteiger partial charge in [0.15, 0.2) is 6.29 Å². The molecule has 6 nitrogen and oxygen atoms in total. The predicted octanol–water partition coefficient (Wildman–Crippen LogP) is 1.70. The van der Waals surface area contributed by atoms with Gasteiger partial charge in [0.2, 0.25) is 0 Å². The van der Waals surface area contributed by atoms with Crippen LogP contribution in [0.1, 0.15) is 0 Å². The van der Waals surface area contributed by atoms with Crippen molar-refractivity contribution in [1.29, 1.82) is 0 Å². The van der Waals surface area contributed by atoms with E-state index in [1.165, 1.54) is 0 Å². The largest absolute Gasteiger partial charge is 0.387 e. The summed E-state index contributed by atoms with van der Waals surface area (Å²) in [6, 6.07) is 38.2. The van der Waals surface area contributed by atoms with Crippen molar-refractivity contribution in [2.45, 2.75) is 35.8 Å². The molecule has 38 heavy (non-hydrogen) atoms. The van der Waals surface area contributed by atoms with Crippen molar-refractivity contribution in [3.8, 4) is 0 Å². The van der Waals surface area contributed by atoms with E-state index in [1.807, 2.05) is 121 Å². The highest BCUT2D eigenvalue weighted by molar-refractivity contribution is 7.90. The lowest BCUT2D eigenvalue weighted by atomic mass is 9.99. The Kier molecular flexibility index (Phi) is 8.35. The number of rotatable bonds is 7. The third-order valence-electron chi connectivity index (χ3n) is 6.69. The first-order chi connectivity index (χ1) is 18.4. The SMILES string of the molecule is O[C@@H]1[C@@H](O)[C@H](O)O[C@H](C(O)(P(c2ccccc2)c2ccccc2)P(c2ccccc2)c2ccccc2)[C@H]1O. The Morgan fingerprint density at radius 3 is 1.11 bits per heavy atom. The standard InChI is InChI=1S/C30H30O6P2/c31-25-26(32)28(36-29(34)27(25)33)30(35,37(21-13-5-1-6-14-21)22-15-7-2-8-16-22)38(23-17-9-3-10-18-23)24-19-11-4-12-20-24/h1-20,25-29,31-35H/t25-,26-,27+,28-,29+/m0/s1. The van der Waals surface area contributed by atoms with E-state index < -0.39 is 51.6 Å². The van der Waals surface area contributed by atoms with Gasteiger partial charge in [0.1, 0.15) is 29.5 Å². The number of benzene rings is 4. The molecule has 8 heteroatoms. The summed E-state index contributed by atoms with van der Waals surface area (Å²) in [4.78, 5) is 0. The lowest BCUT2D eigenvalue weighted by molar-refractivity contribution is -0.293. The van der Waals surface area contributed by atoms with Crippen molar-refractivity contribution in [2.75, 3.05) is 0 Å². The molecule has 1 aliphatic heterocycles. The summed E-state index contributed by atoms with van der Waals surface area (Å²) in [7, 11) is -3.38. The number of hydrogen-bond acceptors (Lipinski definition) is 6. The van der Waals surface area contributed by atoms with Gasteiger partial charge in [0.05, 0.1) is 0 Å². The van der Waals surface area contributed by atoms with Crippen LogP contribution in [0, 0.1) is 0 Å². The van der Waals surface area contributed by atoms with Crippen molar-refractivity contribution in [3.63, 3.8) is 0 Å². The first kappa shape index (κ1) is 27.1. The molecule has 0 aromatic heterocycles. The molecule has 4 aromatic rings. The average Bonchev–Trinajstić information content (AvgIpc) is 2.96. The molecule has 5 atom stereocenters. The van der Waals surface area contributed by atoms with E-state index in [4.69, 9.17) is 4.74 Å². The van der Waals surface area contributed by atoms with Crippen molar-refractivity contribution >= 4 is 37.1 Å². The van der Waals surface area contributed by atoms with Crippen LogP contribution in [-0.4, -0.2) is 61.3 Å². The van der Waals surface area contributed by atoms with Crippen LogP contribution in [0.25, 0.3) is 0 Å². The van der Waals surface area contributed by atoms with Crippen molar-refractivity contribution < 1.29 is 30.3 Å². The van der Waals surface area contributed by atoms with Crippen LogP contribution in [0.15, 0.2) is 121 Å². The molecule has 1 fully saturated rings. The minimum absolute atomic E-state index is 0.835. The van der Waals surface area contributed by atoms with Gasteiger partial charge < -0.3 is 30.3 Å². The van der Waals surface area contributed by atoms with Crippen LogP contribution in [0.2, 0.25) is 0 Å². The smallest absolute Gasteiger partial charge is 0.184 e. The lowest BCUT2D eigenvalue weighted by Gasteiger charge is -2.52. The van der Waals surface area contributed by atoms with Gasteiger partial charge in [0, 0.05) is 0 Å². The second kappa shape index (κ2) is 11.7. The maximum Gasteiger partial charge on any atom is 0.184 e. The molecule has 0 bridgehead atoms. The quantitative estimate of drug-likeness (QED) is 0.225. The van der Waals surface area contributed by atoms with E-state index in [1.54, 1.807) is 0 Å². The van der Waals surface area contributed by atoms with Gasteiger partial charge in [-0.2, -0.15) is 0 Å². The van der Waals surface area contributed by atoms with Gasteiger partial charge in [-0.25, -0.2) is 0 Å². The highest BCUT2D eigenvalue weighted by Crippen LogP contribution is 2.66. The third-order valence-corrected chi connectivity index (χ3v) is 13.0. The van der Waals surface area contributed by atoms with Gasteiger partial charge in [-0.3, -0.25) is 0 Å². The fourth-order valence-corrected chi connectivity index (χ4v) is 12.0. The van der Waals surface area contributed by atoms with Gasteiger partial charge in [-0.1, -0.05) is 121 Å². The monoisotopic (exact) mass is 548 g/mol. The number of ether oxygens (including phenoxy) is 1. The molecular formula is C30H30O6P2. The zero-order valence-corrected chi connectivity index (χ0v) is 22.3. The topological polar surface area (TPSA) is 110 Å². The average molecular weight is 549 g/mol. The number of aliphatic hydroxyl groups is 5. The maximum absolute atomic E-state index is 13.3. The van der Waals surface area contributed by atoms with Crippen molar-refractivity contribution in [1.82, 2.24) is 0 Å². The summed E-state index contributed by atoms with van der Waals surface area (Å²) in [6.07, 6.45) is -8.34. The molecule has 0 unspecified atom stereocenters. The van der Waals surface area contributed by atoms with E-state index in [0.717, 1.165) is 21.2 Å². The molecule has 5 rings (SSSR count). The number of hydrogen-bond donors (Lipinski definition) is 5. The van der Waals surface area contributed by atoms with Crippen LogP contribution in [0.4, 0.5) is 0 Å². The molecule has 0 spiro atoms. The Balaban J connectivity index is 1.83. The predicted molar refractivity (Wildman–Crippen MR) is 152 cm³/mol. The van der Waals surface area contributed by atoms with E-state index in [9.17, 15) is 25.5 Å². The minimum atomic E-state index is -1.84. The van der Waals surface area contributed by atoms with Gasteiger partial charge in [0.25, 0.3) is 0 Å². The van der Waals surface area contributed by atoms with Crippen molar-refractivity contribution in [3.05, 3.63) is 121 Å². The molecule has 4 aromatic carbocycles. The molecule has 1 saturated heterocycles. The summed E-state index contributed by atoms with van der Waals surface area (Å²) in [5, 5.41) is 57.8. The Labute approximate surface area is 224 Å². The number of aliphatic hydroxyl groups excluding tert-OH is 4. The highest BCUT2D eigenvalue weighted by atomic mass is 31.2. The first-order valence-electron chi connectivity index (χ1n) is 12.3. The van der Waals surface area contributed by atoms with Gasteiger partial charge >= 0.3 is 0 Å². The molecule has 196 valence electrons. The van der Waals surface area contributed by atoms with Crippen molar-refractivity contribution in [2.24, 2.45) is 0 Å². The summed E-state index contributed by atoms with van der Waals surface area (Å²) < 4.78 is 5.87. The molecule has 1 aliphatic rings. The Bertz CT molecular complexity index is 1130.